The lowest BCUT2D eigenvalue weighted by Crippen LogP contribution is -2.54. The Kier molecular flexibility index (Phi) is 4.70. The lowest BCUT2D eigenvalue weighted by molar-refractivity contribution is -0.877. The van der Waals surface area contributed by atoms with Crippen molar-refractivity contribution in [3.05, 3.63) is 33.8 Å². The van der Waals surface area contributed by atoms with E-state index in [4.69, 9.17) is 28.9 Å². The fraction of sp³-hybridized carbons (Fsp3) is 0.467. The highest BCUT2D eigenvalue weighted by Crippen LogP contribution is 2.32. The smallest absolute Gasteiger partial charge is 0.368 e. The Labute approximate surface area is 140 Å². The zero-order chi connectivity index (χ0) is 16.7. The summed E-state index contributed by atoms with van der Waals surface area (Å²) in [4.78, 5) is 25.8. The highest BCUT2D eigenvalue weighted by atomic mass is 35.5. The molecular weight excluding hydrogens is 325 g/mol. The Morgan fingerprint density at radius 2 is 2.09 bits per heavy atom. The molecule has 22 heavy (non-hydrogen) atoms. The molecule has 5 nitrogen and oxygen atoms in total. The molecule has 0 aliphatic carbocycles. The summed E-state index contributed by atoms with van der Waals surface area (Å²) < 4.78 is 0.117. The Hall–Kier alpha value is -1.30. The minimum atomic E-state index is -0.596. The molecule has 0 aromatic heterocycles. The number of nitrogens with zero attached hydrogens (tertiary/aromatic N) is 2. The van der Waals surface area contributed by atoms with Gasteiger partial charge in [0.15, 0.2) is 6.04 Å². The van der Waals surface area contributed by atoms with E-state index in [1.54, 1.807) is 19.2 Å². The van der Waals surface area contributed by atoms with Crippen LogP contribution < -0.4 is 5.73 Å². The summed E-state index contributed by atoms with van der Waals surface area (Å²) in [6.45, 7) is 4.67. The minimum Gasteiger partial charge on any atom is -0.368 e. The van der Waals surface area contributed by atoms with Gasteiger partial charge in [-0.25, -0.2) is 9.28 Å². The van der Waals surface area contributed by atoms with Crippen molar-refractivity contribution in [2.75, 3.05) is 13.6 Å². The molecule has 0 bridgehead atoms. The molecule has 2 atom stereocenters. The van der Waals surface area contributed by atoms with Gasteiger partial charge in [0, 0.05) is 17.6 Å². The molecule has 1 aliphatic heterocycles. The van der Waals surface area contributed by atoms with Crippen molar-refractivity contribution in [3.63, 3.8) is 0 Å². The van der Waals surface area contributed by atoms with E-state index < -0.39 is 11.9 Å². The number of urea groups is 1. The first-order valence-corrected chi connectivity index (χ1v) is 7.82. The summed E-state index contributed by atoms with van der Waals surface area (Å²) in [7, 11) is 1.61. The first kappa shape index (κ1) is 17.1. The van der Waals surface area contributed by atoms with Crippen molar-refractivity contribution in [2.24, 2.45) is 5.73 Å². The van der Waals surface area contributed by atoms with E-state index in [0.29, 0.717) is 23.1 Å². The van der Waals surface area contributed by atoms with Gasteiger partial charge in [-0.2, -0.15) is 0 Å². The lowest BCUT2D eigenvalue weighted by Gasteiger charge is -2.35. The quantitative estimate of drug-likeness (QED) is 0.853. The highest BCUT2D eigenvalue weighted by Gasteiger charge is 2.54. The van der Waals surface area contributed by atoms with Crippen LogP contribution in [0.5, 0.6) is 0 Å². The third-order valence-electron chi connectivity index (χ3n) is 4.43. The topological polar surface area (TPSA) is 63.4 Å². The predicted molar refractivity (Wildman–Crippen MR) is 86.6 cm³/mol. The molecule has 1 heterocycles. The first-order valence-electron chi connectivity index (χ1n) is 7.06. The van der Waals surface area contributed by atoms with Crippen LogP contribution in [0.2, 0.25) is 10.0 Å². The van der Waals surface area contributed by atoms with E-state index in [1.807, 2.05) is 19.9 Å². The van der Waals surface area contributed by atoms with Crippen LogP contribution in [0.1, 0.15) is 19.4 Å². The number of halogens is 2. The summed E-state index contributed by atoms with van der Waals surface area (Å²) in [5, 5.41) is 1.06. The second kappa shape index (κ2) is 6.07. The molecule has 0 saturated carbocycles. The van der Waals surface area contributed by atoms with E-state index in [-0.39, 0.29) is 16.6 Å². The van der Waals surface area contributed by atoms with E-state index in [0.717, 1.165) is 5.56 Å². The molecule has 0 radical (unpaired) electrons. The van der Waals surface area contributed by atoms with E-state index in [9.17, 15) is 9.59 Å². The zero-order valence-corrected chi connectivity index (χ0v) is 14.4. The summed E-state index contributed by atoms with van der Waals surface area (Å²) in [5.74, 6) is -0.487. The van der Waals surface area contributed by atoms with Crippen LogP contribution in [-0.2, 0) is 11.3 Å². The fourth-order valence-electron chi connectivity index (χ4n) is 2.94. The number of quaternary nitrogens is 1. The van der Waals surface area contributed by atoms with Crippen molar-refractivity contribution < 1.29 is 14.1 Å². The average molecular weight is 345 g/mol. The third-order valence-corrected chi connectivity index (χ3v) is 5.02. The SMILES string of the molecule is CC(C)[N+]1(Cc2ccc(Cl)cc2Cl)CC(C(N)=O)N(C)C1=O. The molecule has 7 heteroatoms. The highest BCUT2D eigenvalue weighted by molar-refractivity contribution is 6.35. The molecule has 0 spiro atoms. The monoisotopic (exact) mass is 344 g/mol. The van der Waals surface area contributed by atoms with Crippen molar-refractivity contribution in [1.29, 1.82) is 0 Å². The van der Waals surface area contributed by atoms with Gasteiger partial charge in [-0.1, -0.05) is 29.3 Å². The Morgan fingerprint density at radius 1 is 1.45 bits per heavy atom. The van der Waals surface area contributed by atoms with Gasteiger partial charge in [0.2, 0.25) is 5.91 Å². The van der Waals surface area contributed by atoms with Gasteiger partial charge in [-0.3, -0.25) is 9.69 Å². The largest absolute Gasteiger partial charge is 0.420 e. The molecule has 1 aromatic carbocycles. The molecule has 2 unspecified atom stereocenters. The second-order valence-electron chi connectivity index (χ2n) is 6.02. The van der Waals surface area contributed by atoms with Gasteiger partial charge in [0.05, 0.1) is 11.1 Å². The first-order chi connectivity index (χ1) is 10.2. The van der Waals surface area contributed by atoms with Crippen molar-refractivity contribution in [2.45, 2.75) is 32.5 Å². The van der Waals surface area contributed by atoms with Gasteiger partial charge in [0.1, 0.15) is 13.1 Å². The zero-order valence-electron chi connectivity index (χ0n) is 12.8. The molecule has 120 valence electrons. The number of hydrogen-bond acceptors (Lipinski definition) is 2. The number of likely N-dealkylation sites (N-methyl/N-ethyl adjacent to an activating group) is 1. The molecule has 3 amide bonds. The Balaban J connectivity index is 2.42. The van der Waals surface area contributed by atoms with Crippen molar-refractivity contribution in [3.8, 4) is 0 Å². The molecule has 2 N–H and O–H groups in total. The number of amides is 3. The van der Waals surface area contributed by atoms with E-state index >= 15 is 0 Å². The van der Waals surface area contributed by atoms with Crippen LogP contribution >= 0.6 is 23.2 Å². The van der Waals surface area contributed by atoms with Gasteiger partial charge in [-0.15, -0.1) is 0 Å². The molecular formula is C15H20Cl2N3O2+. The van der Waals surface area contributed by atoms with Crippen LogP contribution in [-0.4, -0.2) is 47.0 Å². The number of rotatable bonds is 4. The van der Waals surface area contributed by atoms with Crippen molar-refractivity contribution >= 4 is 35.1 Å². The minimum absolute atomic E-state index is 0.00829. The predicted octanol–water partition coefficient (Wildman–Crippen LogP) is 2.64. The number of carbonyl (C=O) groups excluding carboxylic acids is 2. The van der Waals surface area contributed by atoms with Crippen LogP contribution in [0.3, 0.4) is 0 Å². The summed E-state index contributed by atoms with van der Waals surface area (Å²) in [6.07, 6.45) is 0. The van der Waals surface area contributed by atoms with Crippen LogP contribution in [0.4, 0.5) is 4.79 Å². The third kappa shape index (κ3) is 2.81. The van der Waals surface area contributed by atoms with Gasteiger partial charge in [0.25, 0.3) is 0 Å². The summed E-state index contributed by atoms with van der Waals surface area (Å²) >= 11 is 12.2. The van der Waals surface area contributed by atoms with Crippen molar-refractivity contribution in [1.82, 2.24) is 4.90 Å². The maximum atomic E-state index is 12.8. The number of primary amides is 1. The maximum absolute atomic E-state index is 12.8. The average Bonchev–Trinajstić information content (AvgIpc) is 2.68. The molecule has 1 saturated heterocycles. The van der Waals surface area contributed by atoms with E-state index in [2.05, 4.69) is 0 Å². The molecule has 2 rings (SSSR count). The van der Waals surface area contributed by atoms with Gasteiger partial charge < -0.3 is 5.73 Å². The number of hydrogen-bond donors (Lipinski definition) is 1. The molecule has 1 aromatic rings. The van der Waals surface area contributed by atoms with E-state index in [1.165, 1.54) is 4.90 Å². The number of benzene rings is 1. The maximum Gasteiger partial charge on any atom is 0.420 e. The number of carbonyl (C=O) groups is 2. The Bertz CT molecular complexity index is 621. The normalized spacial score (nSPS) is 25.1. The summed E-state index contributed by atoms with van der Waals surface area (Å²) in [5.41, 5.74) is 6.25. The molecule has 1 fully saturated rings. The second-order valence-corrected chi connectivity index (χ2v) is 6.86. The standard InChI is InChI=1S/C15H19Cl2N3O2/c1-9(2)20(7-10-4-5-11(16)6-12(10)17)8-13(14(18)21)19(3)15(20)22/h4-6,9,13H,7-8H2,1-3H3,(H-,18,21)/p+1. The Morgan fingerprint density at radius 3 is 2.55 bits per heavy atom. The lowest BCUT2D eigenvalue weighted by atomic mass is 10.1. The van der Waals surface area contributed by atoms with Gasteiger partial charge in [-0.05, 0) is 26.0 Å². The summed E-state index contributed by atoms with van der Waals surface area (Å²) in [6, 6.07) is 4.50. The van der Waals surface area contributed by atoms with Crippen LogP contribution in [0.15, 0.2) is 18.2 Å². The van der Waals surface area contributed by atoms with Gasteiger partial charge >= 0.3 is 6.03 Å². The van der Waals surface area contributed by atoms with Crippen LogP contribution in [0, 0.1) is 0 Å². The van der Waals surface area contributed by atoms with Crippen LogP contribution in [0.25, 0.3) is 0 Å². The number of nitrogens with two attached hydrogens (primary N) is 1. The fourth-order valence-corrected chi connectivity index (χ4v) is 3.41. The molecule has 1 aliphatic rings.